The van der Waals surface area contributed by atoms with Crippen molar-refractivity contribution in [2.24, 2.45) is 23.2 Å². The topological polar surface area (TPSA) is 112 Å². The smallest absolute Gasteiger partial charge is 1.00 e. The van der Waals surface area contributed by atoms with Crippen LogP contribution in [0.4, 0.5) is 0 Å². The van der Waals surface area contributed by atoms with Crippen molar-refractivity contribution in [1.29, 1.82) is 0 Å². The summed E-state index contributed by atoms with van der Waals surface area (Å²) in [4.78, 5) is 12.2. The van der Waals surface area contributed by atoms with E-state index in [9.17, 15) is 9.90 Å². The SMILES string of the molecule is C[C@]12CC[C@H]3C(=CC=C4C=C(O)C=C[C@@H]43)[C@@H]1CCC2=O.O=S(=O)(O)O.[H-].[Na+]. The minimum absolute atomic E-state index is 0. The van der Waals surface area contributed by atoms with Gasteiger partial charge in [0.2, 0.25) is 0 Å². The number of aliphatic hydroxyl groups is 1. The summed E-state index contributed by atoms with van der Waals surface area (Å²) in [7, 11) is -4.67. The van der Waals surface area contributed by atoms with E-state index in [2.05, 4.69) is 25.2 Å². The molecule has 2 saturated carbocycles. The average Bonchev–Trinajstić information content (AvgIpc) is 2.81. The van der Waals surface area contributed by atoms with Crippen LogP contribution in [0.2, 0.25) is 0 Å². The minimum atomic E-state index is -4.67. The Morgan fingerprint density at radius 1 is 1.23 bits per heavy atom. The molecule has 4 atom stereocenters. The summed E-state index contributed by atoms with van der Waals surface area (Å²) in [6.07, 6.45) is 14.1. The second kappa shape index (κ2) is 7.73. The Hall–Kier alpha value is -0.700. The van der Waals surface area contributed by atoms with Gasteiger partial charge in [0.1, 0.15) is 11.5 Å². The number of carbonyl (C=O) groups excluding carboxylic acids is 1. The maximum absolute atomic E-state index is 12.2. The van der Waals surface area contributed by atoms with Crippen LogP contribution in [0.5, 0.6) is 0 Å². The zero-order valence-corrected chi connectivity index (χ0v) is 17.7. The molecule has 0 aromatic heterocycles. The summed E-state index contributed by atoms with van der Waals surface area (Å²) in [5.74, 6) is 2.18. The van der Waals surface area contributed by atoms with Crippen molar-refractivity contribution in [3.8, 4) is 0 Å². The van der Waals surface area contributed by atoms with Crippen LogP contribution in [-0.2, 0) is 15.2 Å². The van der Waals surface area contributed by atoms with Gasteiger partial charge >= 0.3 is 40.0 Å². The largest absolute Gasteiger partial charge is 1.00 e. The monoisotopic (exact) mass is 390 g/mol. The van der Waals surface area contributed by atoms with Gasteiger partial charge in [-0.15, -0.1) is 0 Å². The van der Waals surface area contributed by atoms with Gasteiger partial charge < -0.3 is 6.53 Å². The molecule has 138 valence electrons. The standard InChI is InChI=1S/C18H20O2.Na.H2O4S.H/c1-18-9-8-14-13-5-3-12(19)10-11(13)2-4-15(14)16(18)6-7-17(18)20;;1-5(2,3)4;/h2-5,10,13-14,16,19H,6-9H2,1H3;;(H2,1,2,3,4);/q;+1;;-1/t13-,14+,16-,18-;;;/m0.../s1. The Balaban J connectivity index is 0.000000468. The molecule has 4 aliphatic carbocycles. The molecule has 26 heavy (non-hydrogen) atoms. The summed E-state index contributed by atoms with van der Waals surface area (Å²) >= 11 is 0. The molecule has 4 rings (SSSR count). The predicted molar refractivity (Wildman–Crippen MR) is 93.4 cm³/mol. The first kappa shape index (κ1) is 21.6. The molecule has 0 saturated heterocycles. The van der Waals surface area contributed by atoms with Crippen LogP contribution >= 0.6 is 0 Å². The summed E-state index contributed by atoms with van der Waals surface area (Å²) in [6, 6.07) is 0. The molecule has 3 N–H and O–H groups in total. The number of ketones is 1. The molecule has 0 amide bonds. The van der Waals surface area contributed by atoms with Crippen LogP contribution < -0.4 is 29.6 Å². The zero-order chi connectivity index (χ0) is 18.4. The number of hydrogen-bond donors (Lipinski definition) is 3. The summed E-state index contributed by atoms with van der Waals surface area (Å²) in [6.45, 7) is 2.17. The first-order valence-corrected chi connectivity index (χ1v) is 9.73. The van der Waals surface area contributed by atoms with Gasteiger partial charge in [0.15, 0.2) is 0 Å². The number of hydrogen-bond acceptors (Lipinski definition) is 4. The van der Waals surface area contributed by atoms with Crippen LogP contribution in [0, 0.1) is 23.2 Å². The molecule has 0 aromatic rings. The fourth-order valence-electron chi connectivity index (χ4n) is 4.78. The molecule has 0 aromatic carbocycles. The van der Waals surface area contributed by atoms with Crippen molar-refractivity contribution in [3.05, 3.63) is 47.3 Å². The third-order valence-corrected chi connectivity index (χ3v) is 5.95. The van der Waals surface area contributed by atoms with Crippen molar-refractivity contribution in [2.75, 3.05) is 0 Å². The molecule has 6 nitrogen and oxygen atoms in total. The van der Waals surface area contributed by atoms with Gasteiger partial charge in [-0.05, 0) is 48.8 Å². The van der Waals surface area contributed by atoms with Crippen LogP contribution in [-0.4, -0.2) is 28.4 Å². The van der Waals surface area contributed by atoms with Crippen molar-refractivity contribution in [3.63, 3.8) is 0 Å². The van der Waals surface area contributed by atoms with Crippen molar-refractivity contribution < 1.29 is 58.4 Å². The second-order valence-electron chi connectivity index (χ2n) is 7.31. The average molecular weight is 390 g/mol. The number of allylic oxidation sites excluding steroid dienone is 7. The summed E-state index contributed by atoms with van der Waals surface area (Å²) in [5.41, 5.74) is 2.59. The normalized spacial score (nSPS) is 34.7. The van der Waals surface area contributed by atoms with E-state index in [-0.39, 0.29) is 36.4 Å². The number of carbonyl (C=O) groups is 1. The Kier molecular flexibility index (Phi) is 6.42. The van der Waals surface area contributed by atoms with Crippen LogP contribution in [0.25, 0.3) is 0 Å². The van der Waals surface area contributed by atoms with Gasteiger partial charge in [0.05, 0.1) is 0 Å². The zero-order valence-electron chi connectivity index (χ0n) is 15.9. The van der Waals surface area contributed by atoms with E-state index in [4.69, 9.17) is 17.5 Å². The maximum Gasteiger partial charge on any atom is 1.00 e. The van der Waals surface area contributed by atoms with Gasteiger partial charge in [-0.3, -0.25) is 13.9 Å². The molecule has 0 aliphatic heterocycles. The van der Waals surface area contributed by atoms with Crippen molar-refractivity contribution in [2.45, 2.75) is 32.6 Å². The minimum Gasteiger partial charge on any atom is -1.00 e. The van der Waals surface area contributed by atoms with E-state index in [1.807, 2.05) is 12.2 Å². The molecular weight excluding hydrogens is 367 g/mol. The van der Waals surface area contributed by atoms with Crippen molar-refractivity contribution in [1.82, 2.24) is 0 Å². The number of aliphatic hydroxyl groups excluding tert-OH is 1. The summed E-state index contributed by atoms with van der Waals surface area (Å²) in [5, 5.41) is 9.64. The first-order chi connectivity index (χ1) is 11.6. The van der Waals surface area contributed by atoms with Gasteiger partial charge in [-0.25, -0.2) is 0 Å². The van der Waals surface area contributed by atoms with Gasteiger partial charge in [0, 0.05) is 17.8 Å². The Labute approximate surface area is 177 Å². The molecule has 2 fully saturated rings. The van der Waals surface area contributed by atoms with E-state index in [1.165, 1.54) is 11.1 Å². The number of fused-ring (bicyclic) bond motifs is 5. The van der Waals surface area contributed by atoms with E-state index >= 15 is 0 Å². The predicted octanol–water partition coefficient (Wildman–Crippen LogP) is 0.340. The third kappa shape index (κ3) is 4.24. The number of Topliss-reactive ketones (excluding diaryl/α,β-unsaturated/α-hetero) is 1. The Bertz CT molecular complexity index is 821. The molecule has 4 aliphatic rings. The molecule has 0 radical (unpaired) electrons. The van der Waals surface area contributed by atoms with E-state index in [1.54, 1.807) is 0 Å². The molecule has 8 heteroatoms. The van der Waals surface area contributed by atoms with Crippen molar-refractivity contribution >= 4 is 16.2 Å². The third-order valence-electron chi connectivity index (χ3n) is 5.95. The van der Waals surface area contributed by atoms with Gasteiger partial charge in [-0.1, -0.05) is 30.7 Å². The molecule has 0 unspecified atom stereocenters. The Morgan fingerprint density at radius 2 is 1.88 bits per heavy atom. The number of rotatable bonds is 0. The van der Waals surface area contributed by atoms with Crippen LogP contribution in [0.3, 0.4) is 0 Å². The Morgan fingerprint density at radius 3 is 2.54 bits per heavy atom. The summed E-state index contributed by atoms with van der Waals surface area (Å²) < 4.78 is 31.6. The quantitative estimate of drug-likeness (QED) is 0.406. The molecular formula is C18H23NaO6S. The van der Waals surface area contributed by atoms with E-state index in [0.717, 1.165) is 25.7 Å². The van der Waals surface area contributed by atoms with Gasteiger partial charge in [-0.2, -0.15) is 8.42 Å². The van der Waals surface area contributed by atoms with Crippen LogP contribution in [0.15, 0.2) is 47.3 Å². The first-order valence-electron chi connectivity index (χ1n) is 8.33. The maximum atomic E-state index is 12.2. The fraction of sp³-hybridized carbons (Fsp3) is 0.500. The van der Waals surface area contributed by atoms with Gasteiger partial charge in [0.25, 0.3) is 0 Å². The molecule has 0 heterocycles. The van der Waals surface area contributed by atoms with E-state index < -0.39 is 10.4 Å². The molecule has 0 spiro atoms. The molecule has 0 bridgehead atoms. The fourth-order valence-corrected chi connectivity index (χ4v) is 4.78. The second-order valence-corrected chi connectivity index (χ2v) is 8.21. The van der Waals surface area contributed by atoms with Crippen LogP contribution in [0.1, 0.15) is 34.0 Å². The van der Waals surface area contributed by atoms with E-state index in [0.29, 0.717) is 29.3 Å².